The lowest BCUT2D eigenvalue weighted by atomic mass is 10.1. The summed E-state index contributed by atoms with van der Waals surface area (Å²) in [7, 11) is 0. The van der Waals surface area contributed by atoms with Crippen LogP contribution in [0.2, 0.25) is 0 Å². The van der Waals surface area contributed by atoms with Crippen molar-refractivity contribution in [1.82, 2.24) is 15.1 Å². The minimum absolute atomic E-state index is 0.0751. The summed E-state index contributed by atoms with van der Waals surface area (Å²) in [6, 6.07) is 14.1. The number of benzene rings is 2. The van der Waals surface area contributed by atoms with Gasteiger partial charge in [-0.1, -0.05) is 29.8 Å². The van der Waals surface area contributed by atoms with Gasteiger partial charge >= 0.3 is 5.97 Å². The number of carbonyl (C=O) groups excluding carboxylic acids is 2. The van der Waals surface area contributed by atoms with E-state index < -0.39 is 0 Å². The van der Waals surface area contributed by atoms with Crippen molar-refractivity contribution in [2.24, 2.45) is 0 Å². The predicted octanol–water partition coefficient (Wildman–Crippen LogP) is 3.77. The van der Waals surface area contributed by atoms with Crippen LogP contribution in [0.15, 0.2) is 48.5 Å². The maximum atomic E-state index is 13.2. The quantitative estimate of drug-likeness (QED) is 0.409. The Hall–Kier alpha value is -3.48. The minimum atomic E-state index is -0.385. The Bertz CT molecular complexity index is 1070. The van der Waals surface area contributed by atoms with E-state index in [2.05, 4.69) is 10.4 Å². The fourth-order valence-corrected chi connectivity index (χ4v) is 3.42. The molecular formula is C25H28FN3O3. The Morgan fingerprint density at radius 1 is 1.03 bits per heavy atom. The number of ether oxygens (including phenoxy) is 1. The van der Waals surface area contributed by atoms with E-state index in [-0.39, 0.29) is 37.3 Å². The van der Waals surface area contributed by atoms with E-state index in [4.69, 9.17) is 4.74 Å². The Labute approximate surface area is 187 Å². The lowest BCUT2D eigenvalue weighted by molar-refractivity contribution is -0.143. The summed E-state index contributed by atoms with van der Waals surface area (Å²) in [4.78, 5) is 24.2. The van der Waals surface area contributed by atoms with Gasteiger partial charge in [0.25, 0.3) is 0 Å². The van der Waals surface area contributed by atoms with Gasteiger partial charge in [0.15, 0.2) is 0 Å². The van der Waals surface area contributed by atoms with Crippen LogP contribution < -0.4 is 5.32 Å². The molecule has 0 spiro atoms. The maximum Gasteiger partial charge on any atom is 0.310 e. The minimum Gasteiger partial charge on any atom is -0.464 e. The van der Waals surface area contributed by atoms with Crippen LogP contribution in [-0.2, 0) is 27.2 Å². The highest BCUT2D eigenvalue weighted by Crippen LogP contribution is 2.19. The highest BCUT2D eigenvalue weighted by Gasteiger charge is 2.17. The number of carbonyl (C=O) groups is 2. The van der Waals surface area contributed by atoms with Crippen LogP contribution in [0.4, 0.5) is 4.39 Å². The third-order valence-corrected chi connectivity index (χ3v) is 5.28. The number of hydrogen-bond donors (Lipinski definition) is 1. The summed E-state index contributed by atoms with van der Waals surface area (Å²) in [6.07, 6.45) is 1.14. The first-order valence-electron chi connectivity index (χ1n) is 10.6. The summed E-state index contributed by atoms with van der Waals surface area (Å²) in [5.74, 6) is -0.779. The van der Waals surface area contributed by atoms with Gasteiger partial charge in [-0.05, 0) is 57.0 Å². The second-order valence-corrected chi connectivity index (χ2v) is 7.77. The zero-order chi connectivity index (χ0) is 23.1. The van der Waals surface area contributed by atoms with Crippen molar-refractivity contribution in [3.05, 3.63) is 82.4 Å². The standard InChI is InChI=1S/C25H28FN3O3/c1-17-4-6-20(7-5-17)8-13-24(30)27-14-15-32-25(31)16-23-18(2)28-29(19(23)3)22-11-9-21(26)10-12-22/h4-7,9-12H,8,13-16H2,1-3H3,(H,27,30). The van der Waals surface area contributed by atoms with Crippen LogP contribution in [-0.4, -0.2) is 34.8 Å². The zero-order valence-electron chi connectivity index (χ0n) is 18.7. The summed E-state index contributed by atoms with van der Waals surface area (Å²) in [5.41, 5.74) is 5.32. The monoisotopic (exact) mass is 437 g/mol. The molecule has 0 unspecified atom stereocenters. The topological polar surface area (TPSA) is 73.2 Å². The molecule has 32 heavy (non-hydrogen) atoms. The summed E-state index contributed by atoms with van der Waals surface area (Å²) >= 11 is 0. The summed E-state index contributed by atoms with van der Waals surface area (Å²) < 4.78 is 20.1. The third-order valence-electron chi connectivity index (χ3n) is 5.28. The normalized spacial score (nSPS) is 10.8. The molecule has 0 aliphatic heterocycles. The number of aryl methyl sites for hydroxylation is 3. The Kier molecular flexibility index (Phi) is 7.76. The van der Waals surface area contributed by atoms with Crippen molar-refractivity contribution in [1.29, 1.82) is 0 Å². The molecule has 3 rings (SSSR count). The van der Waals surface area contributed by atoms with Gasteiger partial charge in [-0.2, -0.15) is 5.10 Å². The first-order valence-corrected chi connectivity index (χ1v) is 10.6. The molecule has 7 heteroatoms. The lowest BCUT2D eigenvalue weighted by Gasteiger charge is -2.08. The van der Waals surface area contributed by atoms with Crippen molar-refractivity contribution < 1.29 is 18.7 Å². The molecule has 1 N–H and O–H groups in total. The number of halogens is 1. The Morgan fingerprint density at radius 3 is 2.41 bits per heavy atom. The molecule has 168 valence electrons. The van der Waals surface area contributed by atoms with Gasteiger partial charge in [0, 0.05) is 17.7 Å². The first kappa shape index (κ1) is 23.2. The predicted molar refractivity (Wildman–Crippen MR) is 120 cm³/mol. The molecule has 2 aromatic carbocycles. The van der Waals surface area contributed by atoms with Gasteiger partial charge in [0.2, 0.25) is 5.91 Å². The molecule has 0 saturated carbocycles. The van der Waals surface area contributed by atoms with E-state index in [0.717, 1.165) is 22.5 Å². The highest BCUT2D eigenvalue weighted by molar-refractivity contribution is 5.76. The van der Waals surface area contributed by atoms with Gasteiger partial charge in [0.1, 0.15) is 12.4 Å². The maximum absolute atomic E-state index is 13.2. The van der Waals surface area contributed by atoms with Crippen molar-refractivity contribution in [2.75, 3.05) is 13.2 Å². The van der Waals surface area contributed by atoms with Gasteiger partial charge in [-0.3, -0.25) is 9.59 Å². The Balaban J connectivity index is 1.42. The second-order valence-electron chi connectivity index (χ2n) is 7.77. The lowest BCUT2D eigenvalue weighted by Crippen LogP contribution is -2.28. The molecule has 6 nitrogen and oxygen atoms in total. The number of amides is 1. The van der Waals surface area contributed by atoms with E-state index >= 15 is 0 Å². The average Bonchev–Trinajstić information content (AvgIpc) is 3.05. The molecule has 3 aromatic rings. The number of nitrogens with zero attached hydrogens (tertiary/aromatic N) is 2. The van der Waals surface area contributed by atoms with Crippen molar-refractivity contribution in [2.45, 2.75) is 40.0 Å². The zero-order valence-corrected chi connectivity index (χ0v) is 18.7. The molecule has 0 aliphatic rings. The number of hydrogen-bond acceptors (Lipinski definition) is 4. The molecule has 0 radical (unpaired) electrons. The van der Waals surface area contributed by atoms with Crippen LogP contribution in [0.25, 0.3) is 5.69 Å². The molecular weight excluding hydrogens is 409 g/mol. The van der Waals surface area contributed by atoms with Crippen LogP contribution in [0, 0.1) is 26.6 Å². The SMILES string of the molecule is Cc1ccc(CCC(=O)NCCOC(=O)Cc2c(C)nn(-c3ccc(F)cc3)c2C)cc1. The van der Waals surface area contributed by atoms with E-state index in [1.165, 1.54) is 17.7 Å². The third kappa shape index (κ3) is 6.26. The van der Waals surface area contributed by atoms with Crippen LogP contribution >= 0.6 is 0 Å². The average molecular weight is 438 g/mol. The van der Waals surface area contributed by atoms with Gasteiger partial charge in [0.05, 0.1) is 24.3 Å². The molecule has 0 atom stereocenters. The number of esters is 1. The van der Waals surface area contributed by atoms with Crippen molar-refractivity contribution in [3.8, 4) is 5.69 Å². The summed E-state index contributed by atoms with van der Waals surface area (Å²) in [6.45, 7) is 6.09. The number of aromatic nitrogens is 2. The number of rotatable bonds is 9. The van der Waals surface area contributed by atoms with Gasteiger partial charge in [-0.25, -0.2) is 9.07 Å². The molecule has 0 saturated heterocycles. The van der Waals surface area contributed by atoms with E-state index in [0.29, 0.717) is 18.5 Å². The smallest absolute Gasteiger partial charge is 0.310 e. The van der Waals surface area contributed by atoms with E-state index in [1.807, 2.05) is 45.0 Å². The fourth-order valence-electron chi connectivity index (χ4n) is 3.42. The van der Waals surface area contributed by atoms with Crippen molar-refractivity contribution in [3.63, 3.8) is 0 Å². The molecule has 1 heterocycles. The highest BCUT2D eigenvalue weighted by atomic mass is 19.1. The Morgan fingerprint density at radius 2 is 1.72 bits per heavy atom. The molecule has 0 bridgehead atoms. The van der Waals surface area contributed by atoms with Crippen LogP contribution in [0.1, 0.15) is 34.5 Å². The van der Waals surface area contributed by atoms with Gasteiger partial charge in [-0.15, -0.1) is 0 Å². The second kappa shape index (κ2) is 10.7. The molecule has 0 fully saturated rings. The van der Waals surface area contributed by atoms with Crippen LogP contribution in [0.3, 0.4) is 0 Å². The first-order chi connectivity index (χ1) is 15.3. The fraction of sp³-hybridized carbons (Fsp3) is 0.320. The van der Waals surface area contributed by atoms with E-state index in [9.17, 15) is 14.0 Å². The van der Waals surface area contributed by atoms with Gasteiger partial charge < -0.3 is 10.1 Å². The molecule has 1 aromatic heterocycles. The molecule has 0 aliphatic carbocycles. The van der Waals surface area contributed by atoms with Crippen LogP contribution in [0.5, 0.6) is 0 Å². The van der Waals surface area contributed by atoms with Crippen molar-refractivity contribution >= 4 is 11.9 Å². The number of nitrogens with one attached hydrogen (secondary N) is 1. The summed E-state index contributed by atoms with van der Waals surface area (Å²) in [5, 5.41) is 7.24. The molecule has 1 amide bonds. The largest absolute Gasteiger partial charge is 0.464 e. The van der Waals surface area contributed by atoms with E-state index in [1.54, 1.807) is 16.8 Å².